The Morgan fingerprint density at radius 1 is 1.15 bits per heavy atom. The average molecular weight is 531 g/mol. The van der Waals surface area contributed by atoms with E-state index >= 15 is 0 Å². The summed E-state index contributed by atoms with van der Waals surface area (Å²) in [6.45, 7) is 3.75. The number of carbonyl (C=O) groups is 2. The minimum Gasteiger partial charge on any atom is -0.466 e. The standard InChI is InChI=1S/C24H21BrClN3O4/c1-12-10-16(26)20(19(25)13(12)2)29-21(24(31)33-4)18(23(30)32-3)17(15(11-27)22(29)28)14-8-6-5-7-9-14/h5-10,17H,28H2,1-4H3. The van der Waals surface area contributed by atoms with Gasteiger partial charge in [0.1, 0.15) is 11.5 Å². The molecule has 0 saturated heterocycles. The Morgan fingerprint density at radius 2 is 1.76 bits per heavy atom. The quantitative estimate of drug-likeness (QED) is 0.575. The van der Waals surface area contributed by atoms with Crippen LogP contribution in [0.15, 0.2) is 63.5 Å². The number of hydrogen-bond donors (Lipinski definition) is 1. The zero-order chi connectivity index (χ0) is 24.4. The van der Waals surface area contributed by atoms with Gasteiger partial charge in [-0.05, 0) is 52.5 Å². The topological polar surface area (TPSA) is 106 Å². The molecule has 0 radical (unpaired) electrons. The third kappa shape index (κ3) is 4.10. The SMILES string of the molecule is COC(=O)C1=C(C(=O)OC)N(c2c(Cl)cc(C)c(C)c2Br)C(N)=C(C#N)C1c1ccccc1. The van der Waals surface area contributed by atoms with Gasteiger partial charge in [0.2, 0.25) is 0 Å². The van der Waals surface area contributed by atoms with E-state index in [9.17, 15) is 14.9 Å². The van der Waals surface area contributed by atoms with Crippen LogP contribution in [-0.4, -0.2) is 26.2 Å². The molecule has 1 aliphatic heterocycles. The van der Waals surface area contributed by atoms with Gasteiger partial charge in [-0.2, -0.15) is 5.26 Å². The first-order chi connectivity index (χ1) is 15.7. The highest BCUT2D eigenvalue weighted by molar-refractivity contribution is 9.10. The fourth-order valence-electron chi connectivity index (χ4n) is 3.77. The van der Waals surface area contributed by atoms with Crippen LogP contribution in [0, 0.1) is 25.2 Å². The van der Waals surface area contributed by atoms with E-state index in [-0.39, 0.29) is 27.7 Å². The molecule has 0 aromatic heterocycles. The van der Waals surface area contributed by atoms with Crippen molar-refractivity contribution in [1.82, 2.24) is 0 Å². The Hall–Kier alpha value is -3.28. The summed E-state index contributed by atoms with van der Waals surface area (Å²) in [5, 5.41) is 10.4. The highest BCUT2D eigenvalue weighted by Gasteiger charge is 2.44. The van der Waals surface area contributed by atoms with Gasteiger partial charge in [0.25, 0.3) is 0 Å². The van der Waals surface area contributed by atoms with Crippen molar-refractivity contribution in [3.05, 3.63) is 85.2 Å². The molecule has 1 heterocycles. The summed E-state index contributed by atoms with van der Waals surface area (Å²) in [6, 6.07) is 12.6. The molecule has 1 aliphatic rings. The molecule has 1 atom stereocenters. The number of esters is 2. The Morgan fingerprint density at radius 3 is 2.30 bits per heavy atom. The average Bonchev–Trinajstić information content (AvgIpc) is 2.82. The first-order valence-electron chi connectivity index (χ1n) is 9.80. The number of nitrogens with two attached hydrogens (primary N) is 1. The number of rotatable bonds is 4. The van der Waals surface area contributed by atoms with Gasteiger partial charge >= 0.3 is 11.9 Å². The number of halogens is 2. The predicted molar refractivity (Wildman–Crippen MR) is 128 cm³/mol. The second kappa shape index (κ2) is 9.69. The molecule has 3 rings (SSSR count). The lowest BCUT2D eigenvalue weighted by atomic mass is 9.81. The smallest absolute Gasteiger partial charge is 0.355 e. The summed E-state index contributed by atoms with van der Waals surface area (Å²) in [5.74, 6) is -2.63. The summed E-state index contributed by atoms with van der Waals surface area (Å²) >= 11 is 10.1. The molecule has 2 aromatic rings. The monoisotopic (exact) mass is 529 g/mol. The molecule has 0 amide bonds. The lowest BCUT2D eigenvalue weighted by molar-refractivity contribution is -0.139. The van der Waals surface area contributed by atoms with Crippen LogP contribution in [0.25, 0.3) is 0 Å². The zero-order valence-corrected chi connectivity index (χ0v) is 20.7. The van der Waals surface area contributed by atoms with Crippen LogP contribution < -0.4 is 10.6 Å². The molecule has 0 fully saturated rings. The van der Waals surface area contributed by atoms with Crippen molar-refractivity contribution >= 4 is 45.2 Å². The molecule has 2 aromatic carbocycles. The van der Waals surface area contributed by atoms with E-state index < -0.39 is 17.9 Å². The fraction of sp³-hybridized carbons (Fsp3) is 0.208. The minimum atomic E-state index is -0.946. The molecule has 0 bridgehead atoms. The molecule has 1 unspecified atom stereocenters. The van der Waals surface area contributed by atoms with Crippen LogP contribution in [0.2, 0.25) is 5.02 Å². The van der Waals surface area contributed by atoms with Crippen molar-refractivity contribution in [2.75, 3.05) is 19.1 Å². The van der Waals surface area contributed by atoms with E-state index in [2.05, 4.69) is 22.0 Å². The van der Waals surface area contributed by atoms with Gasteiger partial charge < -0.3 is 15.2 Å². The van der Waals surface area contributed by atoms with Gasteiger partial charge in [0.05, 0.1) is 48.1 Å². The Labute approximate surface area is 205 Å². The number of aryl methyl sites for hydroxylation is 1. The number of nitriles is 1. The summed E-state index contributed by atoms with van der Waals surface area (Å²) in [4.78, 5) is 27.5. The van der Waals surface area contributed by atoms with Gasteiger partial charge in [-0.3, -0.25) is 4.90 Å². The lowest BCUT2D eigenvalue weighted by Crippen LogP contribution is -2.41. The Kier molecular flexibility index (Phi) is 7.15. The maximum Gasteiger partial charge on any atom is 0.355 e. The molecule has 0 spiro atoms. The van der Waals surface area contributed by atoms with Crippen LogP contribution in [0.4, 0.5) is 5.69 Å². The van der Waals surface area contributed by atoms with Crippen LogP contribution in [0.5, 0.6) is 0 Å². The minimum absolute atomic E-state index is 0.0507. The third-order valence-electron chi connectivity index (χ3n) is 5.53. The van der Waals surface area contributed by atoms with Crippen molar-refractivity contribution in [3.8, 4) is 6.07 Å². The maximum atomic E-state index is 13.1. The van der Waals surface area contributed by atoms with E-state index in [1.807, 2.05) is 13.8 Å². The molecular formula is C24H21BrClN3O4. The second-order valence-corrected chi connectivity index (χ2v) is 8.50. The maximum absolute atomic E-state index is 13.1. The summed E-state index contributed by atoms with van der Waals surface area (Å²) in [5.41, 5.74) is 8.95. The fourth-order valence-corrected chi connectivity index (χ4v) is 4.93. The summed E-state index contributed by atoms with van der Waals surface area (Å²) < 4.78 is 10.6. The van der Waals surface area contributed by atoms with Crippen LogP contribution in [-0.2, 0) is 19.1 Å². The van der Waals surface area contributed by atoms with Crippen molar-refractivity contribution < 1.29 is 19.1 Å². The molecule has 0 saturated carbocycles. The number of hydrogen-bond acceptors (Lipinski definition) is 7. The number of benzene rings is 2. The van der Waals surface area contributed by atoms with Crippen LogP contribution in [0.1, 0.15) is 22.6 Å². The second-order valence-electron chi connectivity index (χ2n) is 7.30. The molecule has 170 valence electrons. The molecule has 9 heteroatoms. The van der Waals surface area contributed by atoms with E-state index in [0.29, 0.717) is 15.7 Å². The summed E-state index contributed by atoms with van der Waals surface area (Å²) in [7, 11) is 2.39. The van der Waals surface area contributed by atoms with Crippen LogP contribution in [0.3, 0.4) is 0 Å². The number of anilines is 1. The van der Waals surface area contributed by atoms with Crippen molar-refractivity contribution in [3.63, 3.8) is 0 Å². The normalized spacial score (nSPS) is 15.9. The van der Waals surface area contributed by atoms with Crippen LogP contribution >= 0.6 is 27.5 Å². The third-order valence-corrected chi connectivity index (χ3v) is 6.79. The number of allylic oxidation sites excluding steroid dienone is 1. The lowest BCUT2D eigenvalue weighted by Gasteiger charge is -2.37. The van der Waals surface area contributed by atoms with Crippen molar-refractivity contribution in [2.45, 2.75) is 19.8 Å². The molecule has 7 nitrogen and oxygen atoms in total. The Balaban J connectivity index is 2.50. The number of ether oxygens (including phenoxy) is 2. The van der Waals surface area contributed by atoms with Gasteiger partial charge in [-0.15, -0.1) is 0 Å². The van der Waals surface area contributed by atoms with Gasteiger partial charge in [0.15, 0.2) is 0 Å². The first kappa shape index (κ1) is 24.4. The predicted octanol–water partition coefficient (Wildman–Crippen LogP) is 4.62. The molecule has 33 heavy (non-hydrogen) atoms. The van der Waals surface area contributed by atoms with E-state index in [4.69, 9.17) is 26.8 Å². The van der Waals surface area contributed by atoms with Crippen molar-refractivity contribution in [2.24, 2.45) is 5.73 Å². The molecular weight excluding hydrogens is 510 g/mol. The summed E-state index contributed by atoms with van der Waals surface area (Å²) in [6.07, 6.45) is 0. The largest absolute Gasteiger partial charge is 0.466 e. The number of carbonyl (C=O) groups excluding carboxylic acids is 2. The molecule has 2 N–H and O–H groups in total. The van der Waals surface area contributed by atoms with E-state index in [1.54, 1.807) is 36.4 Å². The molecule has 0 aliphatic carbocycles. The number of nitrogens with zero attached hydrogens (tertiary/aromatic N) is 2. The zero-order valence-electron chi connectivity index (χ0n) is 18.4. The van der Waals surface area contributed by atoms with Gasteiger partial charge in [-0.25, -0.2) is 9.59 Å². The van der Waals surface area contributed by atoms with Gasteiger partial charge in [0, 0.05) is 4.47 Å². The van der Waals surface area contributed by atoms with Crippen molar-refractivity contribution in [1.29, 1.82) is 5.26 Å². The highest BCUT2D eigenvalue weighted by atomic mass is 79.9. The van der Waals surface area contributed by atoms with E-state index in [1.165, 1.54) is 19.1 Å². The number of methoxy groups -OCH3 is 2. The Bertz CT molecular complexity index is 1250. The highest BCUT2D eigenvalue weighted by Crippen LogP contribution is 2.47. The van der Waals surface area contributed by atoms with Gasteiger partial charge in [-0.1, -0.05) is 41.9 Å². The first-order valence-corrected chi connectivity index (χ1v) is 11.0. The van der Waals surface area contributed by atoms with E-state index in [0.717, 1.165) is 11.1 Å².